The van der Waals surface area contributed by atoms with Gasteiger partial charge in [0.1, 0.15) is 0 Å². The molecule has 0 unspecified atom stereocenters. The van der Waals surface area contributed by atoms with Crippen molar-refractivity contribution in [2.75, 3.05) is 12.4 Å². The Morgan fingerprint density at radius 1 is 1.29 bits per heavy atom. The number of hydrogen-bond acceptors (Lipinski definition) is 3. The summed E-state index contributed by atoms with van der Waals surface area (Å²) in [4.78, 5) is -0.105. The molecule has 0 radical (unpaired) electrons. The van der Waals surface area contributed by atoms with E-state index in [1.165, 1.54) is 12.1 Å². The molecule has 0 spiro atoms. The molecule has 1 aromatic rings. The van der Waals surface area contributed by atoms with E-state index in [1.807, 2.05) is 0 Å². The molecule has 0 heterocycles. The van der Waals surface area contributed by atoms with E-state index < -0.39 is 10.0 Å². The van der Waals surface area contributed by atoms with Crippen molar-refractivity contribution in [1.29, 1.82) is 0 Å². The van der Waals surface area contributed by atoms with E-state index >= 15 is 0 Å². The van der Waals surface area contributed by atoms with Crippen LogP contribution in [0.1, 0.15) is 0 Å². The lowest BCUT2D eigenvalue weighted by atomic mass is 10.3. The second-order valence-corrected chi connectivity index (χ2v) is 4.93. The molecule has 3 N–H and O–H groups in total. The molecule has 1 aromatic carbocycles. The van der Waals surface area contributed by atoms with Gasteiger partial charge in [-0.15, -0.1) is 0 Å². The lowest BCUT2D eigenvalue weighted by molar-refractivity contribution is 0.598. The molecule has 1 rings (SSSR count). The van der Waals surface area contributed by atoms with Gasteiger partial charge >= 0.3 is 0 Å². The summed E-state index contributed by atoms with van der Waals surface area (Å²) >= 11 is 11.5. The molecule has 7 heteroatoms. The molecule has 78 valence electrons. The van der Waals surface area contributed by atoms with E-state index in [0.29, 0.717) is 5.69 Å². The number of benzene rings is 1. The third-order valence-electron chi connectivity index (χ3n) is 1.59. The molecule has 0 amide bonds. The minimum absolute atomic E-state index is 0.105. The highest BCUT2D eigenvalue weighted by Gasteiger charge is 2.13. The van der Waals surface area contributed by atoms with Crippen LogP contribution in [-0.4, -0.2) is 15.5 Å². The Morgan fingerprint density at radius 3 is 2.00 bits per heavy atom. The average molecular weight is 255 g/mol. The number of nitrogens with two attached hydrogens (primary N) is 1. The van der Waals surface area contributed by atoms with Crippen LogP contribution in [0.25, 0.3) is 0 Å². The van der Waals surface area contributed by atoms with Gasteiger partial charge in [-0.1, -0.05) is 23.2 Å². The molecular weight excluding hydrogens is 247 g/mol. The van der Waals surface area contributed by atoms with Crippen molar-refractivity contribution in [3.63, 3.8) is 0 Å². The van der Waals surface area contributed by atoms with Gasteiger partial charge in [0.15, 0.2) is 0 Å². The van der Waals surface area contributed by atoms with Gasteiger partial charge in [0.25, 0.3) is 0 Å². The van der Waals surface area contributed by atoms with E-state index in [1.54, 1.807) is 7.05 Å². The van der Waals surface area contributed by atoms with Crippen LogP contribution in [0.3, 0.4) is 0 Å². The van der Waals surface area contributed by atoms with E-state index in [-0.39, 0.29) is 14.9 Å². The summed E-state index contributed by atoms with van der Waals surface area (Å²) < 4.78 is 22.0. The topological polar surface area (TPSA) is 72.2 Å². The number of primary sulfonamides is 1. The second-order valence-electron chi connectivity index (χ2n) is 2.56. The minimum atomic E-state index is -3.77. The maximum atomic E-state index is 11.0. The average Bonchev–Trinajstić information content (AvgIpc) is 2.01. The molecular formula is C7H8Cl2N2O2S. The normalized spacial score (nSPS) is 11.4. The molecule has 0 bridgehead atoms. The van der Waals surface area contributed by atoms with Crippen LogP contribution in [0, 0.1) is 0 Å². The van der Waals surface area contributed by atoms with Crippen molar-refractivity contribution < 1.29 is 8.42 Å². The standard InChI is InChI=1S/C7H8Cl2N2O2S/c1-11-7-5(8)2-4(3-6(7)9)14(10,12)13/h2-3,11H,1H3,(H2,10,12,13). The summed E-state index contributed by atoms with van der Waals surface area (Å²) in [6.07, 6.45) is 0. The predicted octanol–water partition coefficient (Wildman–Crippen LogP) is 1.68. The van der Waals surface area contributed by atoms with E-state index in [0.717, 1.165) is 0 Å². The van der Waals surface area contributed by atoms with E-state index in [2.05, 4.69) is 5.32 Å². The zero-order valence-corrected chi connectivity index (χ0v) is 9.54. The summed E-state index contributed by atoms with van der Waals surface area (Å²) in [5.41, 5.74) is 0.473. The Balaban J connectivity index is 3.43. The van der Waals surface area contributed by atoms with Crippen LogP contribution in [0.5, 0.6) is 0 Å². The SMILES string of the molecule is CNc1c(Cl)cc(S(N)(=O)=O)cc1Cl. The molecule has 0 saturated heterocycles. The zero-order chi connectivity index (χ0) is 10.9. The highest BCUT2D eigenvalue weighted by atomic mass is 35.5. The smallest absolute Gasteiger partial charge is 0.238 e. The van der Waals surface area contributed by atoms with Gasteiger partial charge in [-0.3, -0.25) is 0 Å². The molecule has 0 aromatic heterocycles. The minimum Gasteiger partial charge on any atom is -0.386 e. The summed E-state index contributed by atoms with van der Waals surface area (Å²) in [7, 11) is -2.14. The van der Waals surface area contributed by atoms with Crippen molar-refractivity contribution >= 4 is 38.9 Å². The highest BCUT2D eigenvalue weighted by molar-refractivity contribution is 7.89. The maximum Gasteiger partial charge on any atom is 0.238 e. The van der Waals surface area contributed by atoms with Crippen LogP contribution >= 0.6 is 23.2 Å². The Morgan fingerprint density at radius 2 is 1.71 bits per heavy atom. The number of sulfonamides is 1. The van der Waals surface area contributed by atoms with E-state index in [9.17, 15) is 8.42 Å². The fourth-order valence-corrected chi connectivity index (χ4v) is 2.32. The maximum absolute atomic E-state index is 11.0. The van der Waals surface area contributed by atoms with Gasteiger partial charge in [-0.05, 0) is 12.1 Å². The number of nitrogens with one attached hydrogen (secondary N) is 1. The fraction of sp³-hybridized carbons (Fsp3) is 0.143. The van der Waals surface area contributed by atoms with Gasteiger partial charge in [-0.25, -0.2) is 13.6 Å². The van der Waals surface area contributed by atoms with Crippen molar-refractivity contribution in [3.05, 3.63) is 22.2 Å². The quantitative estimate of drug-likeness (QED) is 0.844. The molecule has 0 aliphatic heterocycles. The van der Waals surface area contributed by atoms with Gasteiger partial charge < -0.3 is 5.32 Å². The van der Waals surface area contributed by atoms with Crippen LogP contribution in [-0.2, 0) is 10.0 Å². The van der Waals surface area contributed by atoms with Gasteiger partial charge in [0.05, 0.1) is 20.6 Å². The van der Waals surface area contributed by atoms with Crippen LogP contribution in [0.4, 0.5) is 5.69 Å². The zero-order valence-electron chi connectivity index (χ0n) is 7.21. The lowest BCUT2D eigenvalue weighted by Gasteiger charge is -2.07. The summed E-state index contributed by atoms with van der Waals surface area (Å²) in [5.74, 6) is 0. The summed E-state index contributed by atoms with van der Waals surface area (Å²) in [5, 5.41) is 8.09. The third-order valence-corrected chi connectivity index (χ3v) is 3.08. The van der Waals surface area contributed by atoms with E-state index in [4.69, 9.17) is 28.3 Å². The van der Waals surface area contributed by atoms with Gasteiger partial charge in [-0.2, -0.15) is 0 Å². The van der Waals surface area contributed by atoms with Crippen LogP contribution in [0.2, 0.25) is 10.0 Å². The molecule has 0 fully saturated rings. The second kappa shape index (κ2) is 3.94. The third kappa shape index (κ3) is 2.30. The molecule has 0 atom stereocenters. The van der Waals surface area contributed by atoms with Crippen LogP contribution < -0.4 is 10.5 Å². The molecule has 0 aliphatic carbocycles. The summed E-state index contributed by atoms with van der Waals surface area (Å²) in [6, 6.07) is 2.49. The molecule has 0 aliphatic rings. The number of hydrogen-bond donors (Lipinski definition) is 2. The first-order chi connectivity index (χ1) is 6.36. The Kier molecular flexibility index (Phi) is 3.26. The van der Waals surface area contributed by atoms with Gasteiger partial charge in [0, 0.05) is 7.05 Å². The van der Waals surface area contributed by atoms with Crippen LogP contribution in [0.15, 0.2) is 17.0 Å². The Hall–Kier alpha value is -0.490. The molecule has 0 saturated carbocycles. The largest absolute Gasteiger partial charge is 0.386 e. The highest BCUT2D eigenvalue weighted by Crippen LogP contribution is 2.32. The van der Waals surface area contributed by atoms with Crippen molar-refractivity contribution in [3.8, 4) is 0 Å². The summed E-state index contributed by atoms with van der Waals surface area (Å²) in [6.45, 7) is 0. The monoisotopic (exact) mass is 254 g/mol. The predicted molar refractivity (Wildman–Crippen MR) is 57.4 cm³/mol. The van der Waals surface area contributed by atoms with Crippen molar-refractivity contribution in [2.45, 2.75) is 4.90 Å². The van der Waals surface area contributed by atoms with Gasteiger partial charge in [0.2, 0.25) is 10.0 Å². The van der Waals surface area contributed by atoms with Crippen molar-refractivity contribution in [1.82, 2.24) is 0 Å². The first kappa shape index (κ1) is 11.6. The fourth-order valence-electron chi connectivity index (χ4n) is 0.953. The first-order valence-electron chi connectivity index (χ1n) is 3.56. The number of halogens is 2. The Labute approximate surface area is 92.1 Å². The van der Waals surface area contributed by atoms with Crippen molar-refractivity contribution in [2.24, 2.45) is 5.14 Å². The number of rotatable bonds is 2. The molecule has 4 nitrogen and oxygen atoms in total. The first-order valence-corrected chi connectivity index (χ1v) is 5.86. The lowest BCUT2D eigenvalue weighted by Crippen LogP contribution is -2.12. The Bertz CT molecular complexity index is 436. The molecule has 14 heavy (non-hydrogen) atoms. The number of anilines is 1.